The Bertz CT molecular complexity index is 658. The molecular formula is C16H18N2O2. The normalized spacial score (nSPS) is 13.3. The number of fused-ring (bicyclic) bond motifs is 1. The van der Waals surface area contributed by atoms with Gasteiger partial charge < -0.3 is 4.52 Å². The summed E-state index contributed by atoms with van der Waals surface area (Å²) in [6.45, 7) is 4.05. The lowest BCUT2D eigenvalue weighted by Gasteiger charge is -2.07. The van der Waals surface area contributed by atoms with E-state index >= 15 is 0 Å². The van der Waals surface area contributed by atoms with Gasteiger partial charge in [0, 0.05) is 5.56 Å². The fourth-order valence-electron chi connectivity index (χ4n) is 2.66. The van der Waals surface area contributed by atoms with Gasteiger partial charge in [0.15, 0.2) is 0 Å². The molecule has 1 amide bonds. The molecule has 1 N–H and O–H groups in total. The molecule has 4 heteroatoms. The molecule has 0 aliphatic heterocycles. The van der Waals surface area contributed by atoms with Gasteiger partial charge >= 0.3 is 0 Å². The van der Waals surface area contributed by atoms with Crippen LogP contribution in [0.15, 0.2) is 22.7 Å². The van der Waals surface area contributed by atoms with Crippen molar-refractivity contribution in [1.29, 1.82) is 0 Å². The molecule has 0 unspecified atom stereocenters. The minimum atomic E-state index is -0.0513. The van der Waals surface area contributed by atoms with Crippen LogP contribution in [0.25, 0.3) is 0 Å². The standard InChI is InChI=1S/C16H18N2O2/c1-10-6-7-11(2)12(8-10)9-15(19)17-16-13-4-3-5-14(13)18-20-16/h6-8H,3-5,9H2,1-2H3,(H,17,19). The summed E-state index contributed by atoms with van der Waals surface area (Å²) in [7, 11) is 0. The fourth-order valence-corrected chi connectivity index (χ4v) is 2.66. The smallest absolute Gasteiger partial charge is 0.234 e. The van der Waals surface area contributed by atoms with Gasteiger partial charge in [-0.1, -0.05) is 28.9 Å². The van der Waals surface area contributed by atoms with E-state index in [1.54, 1.807) is 0 Å². The second-order valence-electron chi connectivity index (χ2n) is 5.45. The van der Waals surface area contributed by atoms with E-state index in [1.807, 2.05) is 19.9 Å². The number of nitrogens with one attached hydrogen (secondary N) is 1. The fraction of sp³-hybridized carbons (Fsp3) is 0.375. The third kappa shape index (κ3) is 2.46. The number of nitrogens with zero attached hydrogens (tertiary/aromatic N) is 1. The second-order valence-corrected chi connectivity index (χ2v) is 5.45. The summed E-state index contributed by atoms with van der Waals surface area (Å²) in [5, 5.41) is 6.85. The predicted octanol–water partition coefficient (Wildman–Crippen LogP) is 2.96. The Morgan fingerprint density at radius 1 is 1.35 bits per heavy atom. The first-order chi connectivity index (χ1) is 9.63. The molecular weight excluding hydrogens is 252 g/mol. The first kappa shape index (κ1) is 12.9. The summed E-state index contributed by atoms with van der Waals surface area (Å²) in [6.07, 6.45) is 3.35. The Hall–Kier alpha value is -2.10. The summed E-state index contributed by atoms with van der Waals surface area (Å²) >= 11 is 0. The van der Waals surface area contributed by atoms with Crippen LogP contribution in [0.4, 0.5) is 5.88 Å². The zero-order chi connectivity index (χ0) is 14.1. The van der Waals surface area contributed by atoms with Crippen molar-refractivity contribution >= 4 is 11.8 Å². The molecule has 2 aromatic rings. The molecule has 0 saturated carbocycles. The number of anilines is 1. The molecule has 0 saturated heterocycles. The van der Waals surface area contributed by atoms with Crippen LogP contribution < -0.4 is 5.32 Å². The van der Waals surface area contributed by atoms with Gasteiger partial charge in [0.1, 0.15) is 0 Å². The van der Waals surface area contributed by atoms with Crippen molar-refractivity contribution < 1.29 is 9.32 Å². The van der Waals surface area contributed by atoms with E-state index in [9.17, 15) is 4.79 Å². The number of amides is 1. The predicted molar refractivity (Wildman–Crippen MR) is 76.8 cm³/mol. The average Bonchev–Trinajstić information content (AvgIpc) is 2.99. The molecule has 1 aromatic carbocycles. The lowest BCUT2D eigenvalue weighted by Crippen LogP contribution is -2.15. The number of hydrogen-bond donors (Lipinski definition) is 1. The van der Waals surface area contributed by atoms with Gasteiger partial charge in [-0.2, -0.15) is 0 Å². The number of carbonyl (C=O) groups excluding carboxylic acids is 1. The molecule has 20 heavy (non-hydrogen) atoms. The average molecular weight is 270 g/mol. The lowest BCUT2D eigenvalue weighted by molar-refractivity contribution is -0.115. The van der Waals surface area contributed by atoms with Crippen molar-refractivity contribution in [2.45, 2.75) is 39.5 Å². The summed E-state index contributed by atoms with van der Waals surface area (Å²) in [4.78, 5) is 12.1. The van der Waals surface area contributed by atoms with E-state index in [1.165, 1.54) is 5.56 Å². The van der Waals surface area contributed by atoms with E-state index in [0.717, 1.165) is 41.6 Å². The van der Waals surface area contributed by atoms with Crippen molar-refractivity contribution in [3.63, 3.8) is 0 Å². The number of rotatable bonds is 3. The maximum atomic E-state index is 12.1. The van der Waals surface area contributed by atoms with Gasteiger partial charge in [0.25, 0.3) is 0 Å². The molecule has 104 valence electrons. The highest BCUT2D eigenvalue weighted by atomic mass is 16.5. The molecule has 0 radical (unpaired) electrons. The SMILES string of the molecule is Cc1ccc(C)c(CC(=O)Nc2onc3c2CCC3)c1. The maximum absolute atomic E-state index is 12.1. The van der Waals surface area contributed by atoms with Crippen LogP contribution in [0.3, 0.4) is 0 Å². The van der Waals surface area contributed by atoms with Crippen LogP contribution in [0.1, 0.15) is 34.4 Å². The van der Waals surface area contributed by atoms with Crippen molar-refractivity contribution in [2.75, 3.05) is 5.32 Å². The number of benzene rings is 1. The summed E-state index contributed by atoms with van der Waals surface area (Å²) in [6, 6.07) is 6.16. The molecule has 3 rings (SSSR count). The highest BCUT2D eigenvalue weighted by Gasteiger charge is 2.22. The van der Waals surface area contributed by atoms with E-state index in [2.05, 4.69) is 22.6 Å². The van der Waals surface area contributed by atoms with Gasteiger partial charge in [0.2, 0.25) is 11.8 Å². The van der Waals surface area contributed by atoms with Crippen molar-refractivity contribution in [1.82, 2.24) is 5.16 Å². The first-order valence-electron chi connectivity index (χ1n) is 6.97. The van der Waals surface area contributed by atoms with Gasteiger partial charge in [-0.05, 0) is 44.2 Å². The van der Waals surface area contributed by atoms with Crippen molar-refractivity contribution in [3.8, 4) is 0 Å². The van der Waals surface area contributed by atoms with Crippen LogP contribution in [0, 0.1) is 13.8 Å². The summed E-state index contributed by atoms with van der Waals surface area (Å²) < 4.78 is 5.22. The number of aryl methyl sites for hydroxylation is 3. The molecule has 0 atom stereocenters. The summed E-state index contributed by atoms with van der Waals surface area (Å²) in [5.74, 6) is 0.484. The Balaban J connectivity index is 1.72. The molecule has 0 bridgehead atoms. The lowest BCUT2D eigenvalue weighted by atomic mass is 10.0. The topological polar surface area (TPSA) is 55.1 Å². The quantitative estimate of drug-likeness (QED) is 0.933. The zero-order valence-corrected chi connectivity index (χ0v) is 11.8. The minimum absolute atomic E-state index is 0.0513. The number of aromatic nitrogens is 1. The van der Waals surface area contributed by atoms with Crippen LogP contribution in [0.5, 0.6) is 0 Å². The van der Waals surface area contributed by atoms with Crippen LogP contribution in [0.2, 0.25) is 0 Å². The summed E-state index contributed by atoms with van der Waals surface area (Å²) in [5.41, 5.74) is 5.41. The van der Waals surface area contributed by atoms with Crippen molar-refractivity contribution in [3.05, 3.63) is 46.1 Å². The monoisotopic (exact) mass is 270 g/mol. The molecule has 1 heterocycles. The van der Waals surface area contributed by atoms with E-state index < -0.39 is 0 Å². The third-order valence-corrected chi connectivity index (χ3v) is 3.82. The van der Waals surface area contributed by atoms with Gasteiger partial charge in [-0.25, -0.2) is 0 Å². The number of carbonyl (C=O) groups is 1. The Labute approximate surface area is 118 Å². The molecule has 0 fully saturated rings. The molecule has 1 aliphatic rings. The largest absolute Gasteiger partial charge is 0.338 e. The highest BCUT2D eigenvalue weighted by molar-refractivity contribution is 5.92. The second kappa shape index (κ2) is 5.12. The Morgan fingerprint density at radius 2 is 2.20 bits per heavy atom. The van der Waals surface area contributed by atoms with Gasteiger partial charge in [0.05, 0.1) is 12.1 Å². The maximum Gasteiger partial charge on any atom is 0.234 e. The van der Waals surface area contributed by atoms with Crippen LogP contribution in [-0.2, 0) is 24.1 Å². The molecule has 1 aliphatic carbocycles. The van der Waals surface area contributed by atoms with Gasteiger partial charge in [-0.15, -0.1) is 0 Å². The van der Waals surface area contributed by atoms with Crippen LogP contribution >= 0.6 is 0 Å². The minimum Gasteiger partial charge on any atom is -0.338 e. The number of hydrogen-bond acceptors (Lipinski definition) is 3. The van der Waals surface area contributed by atoms with Crippen LogP contribution in [-0.4, -0.2) is 11.1 Å². The van der Waals surface area contributed by atoms with Gasteiger partial charge in [-0.3, -0.25) is 10.1 Å². The Morgan fingerprint density at radius 3 is 3.05 bits per heavy atom. The molecule has 0 spiro atoms. The molecule has 1 aromatic heterocycles. The Kier molecular flexibility index (Phi) is 3.30. The van der Waals surface area contributed by atoms with Crippen molar-refractivity contribution in [2.24, 2.45) is 0 Å². The zero-order valence-electron chi connectivity index (χ0n) is 11.8. The first-order valence-corrected chi connectivity index (χ1v) is 6.97. The van der Waals surface area contributed by atoms with E-state index in [0.29, 0.717) is 12.3 Å². The highest BCUT2D eigenvalue weighted by Crippen LogP contribution is 2.28. The van der Waals surface area contributed by atoms with E-state index in [-0.39, 0.29) is 5.91 Å². The third-order valence-electron chi connectivity index (χ3n) is 3.82. The van der Waals surface area contributed by atoms with E-state index in [4.69, 9.17) is 4.52 Å². The molecule has 4 nitrogen and oxygen atoms in total.